The van der Waals surface area contributed by atoms with Crippen LogP contribution in [0.1, 0.15) is 35.8 Å². The molecule has 0 radical (unpaired) electrons. The molecule has 1 heterocycles. The maximum absolute atomic E-state index is 14.3. The molecule has 1 N–H and O–H groups in total. The average molecular weight is 521 g/mol. The topological polar surface area (TPSA) is 73.2 Å². The number of rotatable bonds is 11. The normalized spacial score (nSPS) is 13.7. The second kappa shape index (κ2) is 12.0. The molecule has 1 aliphatic carbocycles. The minimum atomic E-state index is -0.353. The summed E-state index contributed by atoms with van der Waals surface area (Å²) in [5.74, 6) is 1.77. The van der Waals surface area contributed by atoms with Crippen molar-refractivity contribution in [2.45, 2.75) is 19.9 Å². The zero-order chi connectivity index (χ0) is 27.2. The third-order valence-corrected chi connectivity index (χ3v) is 6.41. The van der Waals surface area contributed by atoms with Gasteiger partial charge in [0.1, 0.15) is 18.2 Å². The first kappa shape index (κ1) is 27.0. The molecule has 0 atom stereocenters. The Morgan fingerprint density at radius 2 is 1.82 bits per heavy atom. The lowest BCUT2D eigenvalue weighted by Crippen LogP contribution is -2.22. The first-order valence-electron chi connectivity index (χ1n) is 12.4. The van der Waals surface area contributed by atoms with E-state index in [-0.39, 0.29) is 18.1 Å². The van der Waals surface area contributed by atoms with Crippen LogP contribution in [-0.4, -0.2) is 52.3 Å². The van der Waals surface area contributed by atoms with Gasteiger partial charge in [0, 0.05) is 6.54 Å². The third kappa shape index (κ3) is 6.08. The molecular weight excluding hydrogens is 487 g/mol. The minimum Gasteiger partial charge on any atom is -0.493 e. The highest BCUT2D eigenvalue weighted by Gasteiger charge is 2.26. The van der Waals surface area contributed by atoms with Crippen LogP contribution >= 0.6 is 0 Å². The number of nitrogens with one attached hydrogen (secondary N) is 1. The second-order valence-electron chi connectivity index (χ2n) is 9.29. The molecule has 1 aromatic heterocycles. The van der Waals surface area contributed by atoms with Crippen LogP contribution in [0.5, 0.6) is 17.2 Å². The fourth-order valence-electron chi connectivity index (χ4n) is 4.43. The molecule has 4 rings (SSSR count). The van der Waals surface area contributed by atoms with E-state index in [1.165, 1.54) is 12.1 Å². The van der Waals surface area contributed by atoms with Crippen molar-refractivity contribution in [3.8, 4) is 17.2 Å². The van der Waals surface area contributed by atoms with Crippen LogP contribution in [0.15, 0.2) is 58.7 Å². The van der Waals surface area contributed by atoms with E-state index >= 15 is 0 Å². The summed E-state index contributed by atoms with van der Waals surface area (Å²) in [7, 11) is 7.13. The van der Waals surface area contributed by atoms with Gasteiger partial charge in [0.05, 0.1) is 33.4 Å². The van der Waals surface area contributed by atoms with Gasteiger partial charge >= 0.3 is 0 Å². The Hall–Kier alpha value is -4.04. The van der Waals surface area contributed by atoms with Crippen molar-refractivity contribution in [3.63, 3.8) is 0 Å². The van der Waals surface area contributed by atoms with Gasteiger partial charge < -0.3 is 28.8 Å². The number of carbonyl (C=O) groups is 1. The van der Waals surface area contributed by atoms with Crippen molar-refractivity contribution in [2.24, 2.45) is 0 Å². The highest BCUT2D eigenvalue weighted by Crippen LogP contribution is 2.45. The Bertz CT molecular complexity index is 1330. The molecule has 0 aliphatic heterocycles. The number of benzene rings is 2. The van der Waals surface area contributed by atoms with E-state index in [4.69, 9.17) is 18.6 Å². The molecule has 8 heteroatoms. The Balaban J connectivity index is 1.66. The number of nitrogens with zero attached hydrogens (tertiary/aromatic N) is 1. The Morgan fingerprint density at radius 1 is 1.08 bits per heavy atom. The van der Waals surface area contributed by atoms with Gasteiger partial charge in [0.15, 0.2) is 11.5 Å². The summed E-state index contributed by atoms with van der Waals surface area (Å²) in [5.41, 5.74) is 4.99. The summed E-state index contributed by atoms with van der Waals surface area (Å²) in [6, 6.07) is 12.0. The number of hydrogen-bond acceptors (Lipinski definition) is 6. The van der Waals surface area contributed by atoms with Crippen LogP contribution in [0.3, 0.4) is 0 Å². The highest BCUT2D eigenvalue weighted by atomic mass is 19.1. The monoisotopic (exact) mass is 520 g/mol. The molecule has 1 aliphatic rings. The summed E-state index contributed by atoms with van der Waals surface area (Å²) in [4.78, 5) is 14.8. The summed E-state index contributed by atoms with van der Waals surface area (Å²) in [6.45, 7) is 3.46. The van der Waals surface area contributed by atoms with Crippen molar-refractivity contribution in [2.75, 3.05) is 41.5 Å². The molecule has 0 unspecified atom stereocenters. The van der Waals surface area contributed by atoms with Gasteiger partial charge in [-0.05, 0) is 96.9 Å². The number of amides is 1. The standard InChI is InChI=1S/C30H33FN2O5/c1-19-24(13-20-14-27(35-4)30(28(15-20)36-5)38-12-10-33(2)3)23-9-8-21(31)16-26(23)25(19)17-29(34)32-18-22-7-6-11-37-22/h6-9,11,13-16H,10,12,17-18H2,1-5H3,(H,32,34)/b24-13-. The van der Waals surface area contributed by atoms with Gasteiger partial charge in [0.2, 0.25) is 11.7 Å². The largest absolute Gasteiger partial charge is 0.493 e. The first-order valence-corrected chi connectivity index (χ1v) is 12.4. The van der Waals surface area contributed by atoms with Crippen molar-refractivity contribution in [1.29, 1.82) is 0 Å². The van der Waals surface area contributed by atoms with E-state index < -0.39 is 0 Å². The molecule has 38 heavy (non-hydrogen) atoms. The number of allylic oxidation sites excluding steroid dienone is 2. The van der Waals surface area contributed by atoms with Crippen molar-refractivity contribution >= 4 is 23.1 Å². The number of fused-ring (bicyclic) bond motifs is 1. The summed E-state index contributed by atoms with van der Waals surface area (Å²) in [6.07, 6.45) is 3.67. The molecular formula is C30H33FN2O5. The minimum absolute atomic E-state index is 0.117. The van der Waals surface area contributed by atoms with Crippen molar-refractivity contribution < 1.29 is 27.8 Å². The van der Waals surface area contributed by atoms with Gasteiger partial charge in [0.25, 0.3) is 0 Å². The molecule has 0 bridgehead atoms. The SMILES string of the molecule is COc1cc(/C=C2/C(C)=C(CC(=O)NCc3ccco3)c3cc(F)ccc32)cc(OC)c1OCCN(C)C. The molecule has 200 valence electrons. The number of hydrogen-bond donors (Lipinski definition) is 1. The fourth-order valence-corrected chi connectivity index (χ4v) is 4.43. The van der Waals surface area contributed by atoms with Gasteiger partial charge in [-0.1, -0.05) is 6.07 Å². The lowest BCUT2D eigenvalue weighted by atomic mass is 10.00. The van der Waals surface area contributed by atoms with Crippen LogP contribution < -0.4 is 19.5 Å². The summed E-state index contributed by atoms with van der Waals surface area (Å²) in [5, 5.41) is 2.87. The van der Waals surface area contributed by atoms with Gasteiger partial charge in [-0.15, -0.1) is 0 Å². The summed E-state index contributed by atoms with van der Waals surface area (Å²) < 4.78 is 36.8. The molecule has 0 spiro atoms. The van der Waals surface area contributed by atoms with Gasteiger partial charge in [-0.25, -0.2) is 4.39 Å². The Kier molecular flexibility index (Phi) is 8.53. The zero-order valence-electron chi connectivity index (χ0n) is 22.4. The predicted molar refractivity (Wildman–Crippen MR) is 146 cm³/mol. The van der Waals surface area contributed by atoms with E-state index in [2.05, 4.69) is 5.32 Å². The van der Waals surface area contributed by atoms with Crippen LogP contribution in [0.25, 0.3) is 17.2 Å². The fraction of sp³-hybridized carbons (Fsp3) is 0.300. The van der Waals surface area contributed by atoms with E-state index in [1.54, 1.807) is 38.7 Å². The smallest absolute Gasteiger partial charge is 0.224 e. The number of halogens is 1. The Morgan fingerprint density at radius 3 is 2.45 bits per heavy atom. The number of methoxy groups -OCH3 is 2. The highest BCUT2D eigenvalue weighted by molar-refractivity contribution is 6.08. The first-order chi connectivity index (χ1) is 18.3. The van der Waals surface area contributed by atoms with E-state index in [0.29, 0.717) is 41.7 Å². The molecule has 0 saturated heterocycles. The molecule has 3 aromatic rings. The molecule has 1 amide bonds. The van der Waals surface area contributed by atoms with Crippen LogP contribution in [0, 0.1) is 5.82 Å². The number of ether oxygens (including phenoxy) is 3. The van der Waals surface area contributed by atoms with Crippen LogP contribution in [-0.2, 0) is 11.3 Å². The third-order valence-electron chi connectivity index (χ3n) is 6.41. The summed E-state index contributed by atoms with van der Waals surface area (Å²) >= 11 is 0. The van der Waals surface area contributed by atoms with E-state index in [9.17, 15) is 9.18 Å². The Labute approximate surface area is 222 Å². The lowest BCUT2D eigenvalue weighted by molar-refractivity contribution is -0.120. The second-order valence-corrected chi connectivity index (χ2v) is 9.29. The van der Waals surface area contributed by atoms with E-state index in [0.717, 1.165) is 34.4 Å². The maximum atomic E-state index is 14.3. The predicted octanol–water partition coefficient (Wildman–Crippen LogP) is 5.41. The van der Waals surface area contributed by atoms with Crippen LogP contribution in [0.2, 0.25) is 0 Å². The molecule has 2 aromatic carbocycles. The lowest BCUT2D eigenvalue weighted by Gasteiger charge is -2.17. The molecule has 0 fully saturated rings. The van der Waals surface area contributed by atoms with Crippen molar-refractivity contribution in [3.05, 3.63) is 82.6 Å². The molecule has 0 saturated carbocycles. The number of furan rings is 1. The zero-order valence-corrected chi connectivity index (χ0v) is 22.4. The number of likely N-dealkylation sites (N-methyl/N-ethyl adjacent to an activating group) is 1. The maximum Gasteiger partial charge on any atom is 0.224 e. The van der Waals surface area contributed by atoms with Crippen LogP contribution in [0.4, 0.5) is 4.39 Å². The quantitative estimate of drug-likeness (QED) is 0.365. The van der Waals surface area contributed by atoms with Crippen molar-refractivity contribution in [1.82, 2.24) is 10.2 Å². The van der Waals surface area contributed by atoms with Gasteiger partial charge in [-0.3, -0.25) is 4.79 Å². The van der Waals surface area contributed by atoms with E-state index in [1.807, 2.05) is 44.1 Å². The average Bonchev–Trinajstić information content (AvgIpc) is 3.50. The van der Waals surface area contributed by atoms with Gasteiger partial charge in [-0.2, -0.15) is 0 Å². The number of carbonyl (C=O) groups excluding carboxylic acids is 1. The molecule has 7 nitrogen and oxygen atoms in total.